The van der Waals surface area contributed by atoms with Gasteiger partial charge in [0.1, 0.15) is 0 Å². The number of hydrogen-bond acceptors (Lipinski definition) is 3. The molecule has 3 aromatic rings. The molecule has 0 spiro atoms. The van der Waals surface area contributed by atoms with Crippen LogP contribution in [0.25, 0.3) is 10.9 Å². The van der Waals surface area contributed by atoms with Gasteiger partial charge in [0, 0.05) is 27.7 Å². The molecule has 2 atom stereocenters. The number of nitrogens with zero attached hydrogens (tertiary/aromatic N) is 1. The largest absolute Gasteiger partial charge is 0.503 e. The first kappa shape index (κ1) is 22.7. The fourth-order valence-electron chi connectivity index (χ4n) is 3.86. The SMILES string of the molecule is CCC(C)C[C@@H](C(=O)O)c1c(C)n(C(=O)c2cccc(Cl)c2)c2cc(F)c(O)c(F)c12. The van der Waals surface area contributed by atoms with Crippen molar-refractivity contribution in [1.29, 1.82) is 0 Å². The van der Waals surface area contributed by atoms with Crippen molar-refractivity contribution in [3.63, 3.8) is 0 Å². The van der Waals surface area contributed by atoms with Gasteiger partial charge in [-0.15, -0.1) is 0 Å². The Bertz CT molecular complexity index is 1190. The van der Waals surface area contributed by atoms with Crippen molar-refractivity contribution >= 4 is 34.4 Å². The Kier molecular flexibility index (Phi) is 6.36. The summed E-state index contributed by atoms with van der Waals surface area (Å²) in [5.74, 6) is -6.71. The van der Waals surface area contributed by atoms with E-state index in [0.717, 1.165) is 10.6 Å². The van der Waals surface area contributed by atoms with E-state index < -0.39 is 35.2 Å². The number of carboxylic acids is 1. The lowest BCUT2D eigenvalue weighted by molar-refractivity contribution is -0.139. The van der Waals surface area contributed by atoms with Crippen LogP contribution >= 0.6 is 11.6 Å². The Balaban J connectivity index is 2.38. The third-order valence-corrected chi connectivity index (χ3v) is 5.90. The number of hydrogen-bond donors (Lipinski definition) is 2. The number of aliphatic carboxylic acids is 1. The molecule has 8 heteroatoms. The zero-order valence-electron chi connectivity index (χ0n) is 17.2. The highest BCUT2D eigenvalue weighted by Crippen LogP contribution is 2.40. The van der Waals surface area contributed by atoms with Crippen LogP contribution in [0.4, 0.5) is 8.78 Å². The summed E-state index contributed by atoms with van der Waals surface area (Å²) in [6.45, 7) is 5.26. The minimum absolute atomic E-state index is 0.000335. The minimum atomic E-state index is -1.29. The minimum Gasteiger partial charge on any atom is -0.503 e. The lowest BCUT2D eigenvalue weighted by Gasteiger charge is -2.18. The van der Waals surface area contributed by atoms with Gasteiger partial charge in [0.2, 0.25) is 0 Å². The third kappa shape index (κ3) is 4.02. The Morgan fingerprint density at radius 3 is 2.48 bits per heavy atom. The van der Waals surface area contributed by atoms with E-state index in [-0.39, 0.29) is 40.1 Å². The Labute approximate surface area is 182 Å². The second-order valence-electron chi connectivity index (χ2n) is 7.71. The van der Waals surface area contributed by atoms with Gasteiger partial charge < -0.3 is 10.2 Å². The molecule has 3 rings (SSSR count). The molecule has 1 aromatic heterocycles. The van der Waals surface area contributed by atoms with Crippen molar-refractivity contribution in [3.05, 3.63) is 63.8 Å². The van der Waals surface area contributed by atoms with Gasteiger partial charge in [0.25, 0.3) is 5.91 Å². The lowest BCUT2D eigenvalue weighted by Crippen LogP contribution is -2.18. The first-order valence-corrected chi connectivity index (χ1v) is 10.2. The Morgan fingerprint density at radius 2 is 1.90 bits per heavy atom. The average molecular weight is 450 g/mol. The number of halogens is 3. The van der Waals surface area contributed by atoms with Crippen molar-refractivity contribution < 1.29 is 28.6 Å². The Morgan fingerprint density at radius 1 is 1.23 bits per heavy atom. The number of carbonyl (C=O) groups excluding carboxylic acids is 1. The number of aromatic nitrogens is 1. The highest BCUT2D eigenvalue weighted by Gasteiger charge is 2.33. The molecule has 0 aliphatic rings. The number of rotatable bonds is 6. The molecule has 0 amide bonds. The number of carbonyl (C=O) groups is 2. The quantitative estimate of drug-likeness (QED) is 0.492. The maximum Gasteiger partial charge on any atom is 0.311 e. The van der Waals surface area contributed by atoms with Crippen molar-refractivity contribution in [3.8, 4) is 5.75 Å². The van der Waals surface area contributed by atoms with E-state index in [4.69, 9.17) is 11.6 Å². The third-order valence-electron chi connectivity index (χ3n) is 5.66. The van der Waals surface area contributed by atoms with Gasteiger partial charge in [-0.05, 0) is 43.0 Å². The molecular weight excluding hydrogens is 428 g/mol. The second kappa shape index (κ2) is 8.67. The highest BCUT2D eigenvalue weighted by atomic mass is 35.5. The number of phenols is 1. The van der Waals surface area contributed by atoms with Gasteiger partial charge in [-0.25, -0.2) is 8.78 Å². The summed E-state index contributed by atoms with van der Waals surface area (Å²) < 4.78 is 30.4. The highest BCUT2D eigenvalue weighted by molar-refractivity contribution is 6.31. The molecule has 0 aliphatic carbocycles. The van der Waals surface area contributed by atoms with Crippen LogP contribution in [0.3, 0.4) is 0 Å². The molecule has 0 saturated heterocycles. The van der Waals surface area contributed by atoms with Crippen LogP contribution in [0.15, 0.2) is 30.3 Å². The zero-order chi connectivity index (χ0) is 23.0. The first-order valence-electron chi connectivity index (χ1n) is 9.83. The lowest BCUT2D eigenvalue weighted by atomic mass is 9.86. The molecule has 2 aromatic carbocycles. The van der Waals surface area contributed by atoms with Crippen LogP contribution in [-0.2, 0) is 4.79 Å². The topological polar surface area (TPSA) is 79.5 Å². The molecule has 164 valence electrons. The van der Waals surface area contributed by atoms with Crippen LogP contribution in [-0.4, -0.2) is 26.7 Å². The van der Waals surface area contributed by atoms with Crippen LogP contribution in [0.2, 0.25) is 5.02 Å². The number of phenolic OH excluding ortho intramolecular Hbond substituents is 1. The molecule has 1 unspecified atom stereocenters. The predicted molar refractivity (Wildman–Crippen MR) is 114 cm³/mol. The monoisotopic (exact) mass is 449 g/mol. The second-order valence-corrected chi connectivity index (χ2v) is 8.14. The van der Waals surface area contributed by atoms with E-state index in [0.29, 0.717) is 11.4 Å². The average Bonchev–Trinajstić information content (AvgIpc) is 3.00. The molecule has 1 heterocycles. The van der Waals surface area contributed by atoms with Gasteiger partial charge in [-0.1, -0.05) is 37.9 Å². The van der Waals surface area contributed by atoms with Gasteiger partial charge >= 0.3 is 5.97 Å². The molecule has 5 nitrogen and oxygen atoms in total. The summed E-state index contributed by atoms with van der Waals surface area (Å²) in [5, 5.41) is 19.8. The van der Waals surface area contributed by atoms with Gasteiger partial charge in [0.05, 0.1) is 11.4 Å². The van der Waals surface area contributed by atoms with Gasteiger partial charge in [-0.3, -0.25) is 14.2 Å². The molecular formula is C23H22ClF2NO4. The van der Waals surface area contributed by atoms with E-state index in [1.165, 1.54) is 19.1 Å². The van der Waals surface area contributed by atoms with Gasteiger partial charge in [0.15, 0.2) is 17.4 Å². The van der Waals surface area contributed by atoms with Crippen molar-refractivity contribution in [1.82, 2.24) is 4.57 Å². The summed E-state index contributed by atoms with van der Waals surface area (Å²) in [6.07, 6.45) is 0.889. The van der Waals surface area contributed by atoms with Crippen molar-refractivity contribution in [2.24, 2.45) is 5.92 Å². The molecule has 0 radical (unpaired) electrons. The fraction of sp³-hybridized carbons (Fsp3) is 0.304. The van der Waals surface area contributed by atoms with Gasteiger partial charge in [-0.2, -0.15) is 0 Å². The number of benzene rings is 2. The molecule has 0 bridgehead atoms. The van der Waals surface area contributed by atoms with Crippen LogP contribution in [0.1, 0.15) is 54.2 Å². The van der Waals surface area contributed by atoms with Crippen LogP contribution in [0.5, 0.6) is 5.75 Å². The fourth-order valence-corrected chi connectivity index (χ4v) is 4.05. The van der Waals surface area contributed by atoms with Crippen LogP contribution in [0, 0.1) is 24.5 Å². The summed E-state index contributed by atoms with van der Waals surface area (Å²) in [4.78, 5) is 25.4. The molecule has 0 saturated carbocycles. The number of carboxylic acid groups (broad SMARTS) is 1. The zero-order valence-corrected chi connectivity index (χ0v) is 18.0. The summed E-state index contributed by atoms with van der Waals surface area (Å²) in [7, 11) is 0. The number of aromatic hydroxyl groups is 1. The van der Waals surface area contributed by atoms with Crippen molar-refractivity contribution in [2.75, 3.05) is 0 Å². The van der Waals surface area contributed by atoms with E-state index >= 15 is 4.39 Å². The maximum absolute atomic E-state index is 15.1. The first-order chi connectivity index (χ1) is 14.6. The predicted octanol–water partition coefficient (Wildman–Crippen LogP) is 5.88. The Hall–Kier alpha value is -2.93. The van der Waals surface area contributed by atoms with E-state index in [2.05, 4.69) is 0 Å². The molecule has 0 fully saturated rings. The summed E-state index contributed by atoms with van der Waals surface area (Å²) in [6, 6.07) is 6.90. The number of fused-ring (bicyclic) bond motifs is 1. The smallest absolute Gasteiger partial charge is 0.311 e. The summed E-state index contributed by atoms with van der Waals surface area (Å²) >= 11 is 5.98. The molecule has 31 heavy (non-hydrogen) atoms. The van der Waals surface area contributed by atoms with Crippen molar-refractivity contribution in [2.45, 2.75) is 39.5 Å². The standard InChI is InChI=1S/C23H22ClF2NO4/c1-4-11(2)8-15(23(30)31)18-12(3)27(22(29)13-6-5-7-14(24)9-13)17-10-16(25)21(28)20(26)19(17)18/h5-7,9-11,15,28H,4,8H2,1-3H3,(H,30,31)/t11?,15-/m1/s1. The molecule has 0 aliphatic heterocycles. The summed E-state index contributed by atoms with van der Waals surface area (Å²) in [5.41, 5.74) is 0.230. The normalized spacial score (nSPS) is 13.4. The van der Waals surface area contributed by atoms with E-state index in [1.54, 1.807) is 12.1 Å². The molecule has 2 N–H and O–H groups in total. The van der Waals surface area contributed by atoms with E-state index in [9.17, 15) is 24.2 Å². The maximum atomic E-state index is 15.1. The van der Waals surface area contributed by atoms with E-state index in [1.807, 2.05) is 13.8 Å². The van der Waals surface area contributed by atoms with Crippen LogP contribution < -0.4 is 0 Å².